The molecule has 0 bridgehead atoms. The molecule has 0 saturated heterocycles. The van der Waals surface area contributed by atoms with Gasteiger partial charge in [0.25, 0.3) is 0 Å². The van der Waals surface area contributed by atoms with Gasteiger partial charge in [0, 0.05) is 32.0 Å². The molecule has 6 heteroatoms. The van der Waals surface area contributed by atoms with Crippen molar-refractivity contribution in [3.8, 4) is 0 Å². The molecule has 0 aliphatic carbocycles. The summed E-state index contributed by atoms with van der Waals surface area (Å²) in [5, 5.41) is 15.1. The molecule has 2 aromatic rings. The lowest BCUT2D eigenvalue weighted by Crippen LogP contribution is -2.41. The Hall–Kier alpha value is -2.60. The molecule has 0 aliphatic rings. The lowest BCUT2D eigenvalue weighted by Gasteiger charge is -2.12. The molecule has 2 rings (SSSR count). The molecule has 1 atom stereocenters. The molecule has 128 valence electrons. The fourth-order valence-electron chi connectivity index (χ4n) is 2.42. The van der Waals surface area contributed by atoms with Crippen molar-refractivity contribution in [1.82, 2.24) is 15.2 Å². The number of aryl methyl sites for hydroxylation is 1. The van der Waals surface area contributed by atoms with Gasteiger partial charge in [-0.2, -0.15) is 0 Å². The number of benzene rings is 1. The zero-order chi connectivity index (χ0) is 17.4. The Morgan fingerprint density at radius 1 is 1.04 bits per heavy atom. The third kappa shape index (κ3) is 5.24. The molecule has 0 spiro atoms. The van der Waals surface area contributed by atoms with Gasteiger partial charge in [-0.3, -0.25) is 9.59 Å². The van der Waals surface area contributed by atoms with Crippen LogP contribution in [0, 0.1) is 0 Å². The zero-order valence-electron chi connectivity index (χ0n) is 13.7. The molecule has 2 amide bonds. The Morgan fingerprint density at radius 2 is 1.71 bits per heavy atom. The van der Waals surface area contributed by atoms with Crippen molar-refractivity contribution in [2.24, 2.45) is 7.05 Å². The summed E-state index contributed by atoms with van der Waals surface area (Å²) in [4.78, 5) is 23.4. The molecule has 0 aliphatic heterocycles. The number of aromatic nitrogens is 1. The first kappa shape index (κ1) is 17.7. The van der Waals surface area contributed by atoms with E-state index in [1.807, 2.05) is 60.3 Å². The molecular weight excluding hydrogens is 306 g/mol. The van der Waals surface area contributed by atoms with E-state index < -0.39 is 17.9 Å². The number of hydrogen-bond acceptors (Lipinski definition) is 3. The molecule has 0 fully saturated rings. The quantitative estimate of drug-likeness (QED) is 0.661. The van der Waals surface area contributed by atoms with Crippen LogP contribution in [-0.4, -0.2) is 34.6 Å². The van der Waals surface area contributed by atoms with Crippen molar-refractivity contribution in [3.63, 3.8) is 0 Å². The van der Waals surface area contributed by atoms with E-state index in [-0.39, 0.29) is 6.54 Å². The number of nitrogens with one attached hydrogen (secondary N) is 2. The number of rotatable bonds is 7. The smallest absolute Gasteiger partial charge is 0.309 e. The van der Waals surface area contributed by atoms with E-state index in [0.717, 1.165) is 11.3 Å². The SMILES string of the molecule is Cn1cccc1[C@@H](O)CCNC(=O)C(=O)NCCc1ccccc1. The van der Waals surface area contributed by atoms with Gasteiger partial charge in [-0.1, -0.05) is 30.3 Å². The highest BCUT2D eigenvalue weighted by atomic mass is 16.3. The number of carbonyl (C=O) groups excluding carboxylic acids is 2. The van der Waals surface area contributed by atoms with Gasteiger partial charge in [0.05, 0.1) is 6.10 Å². The van der Waals surface area contributed by atoms with Gasteiger partial charge >= 0.3 is 11.8 Å². The summed E-state index contributed by atoms with van der Waals surface area (Å²) in [6, 6.07) is 13.4. The lowest BCUT2D eigenvalue weighted by atomic mass is 10.1. The maximum Gasteiger partial charge on any atom is 0.309 e. The maximum absolute atomic E-state index is 11.7. The number of amides is 2. The van der Waals surface area contributed by atoms with Crippen LogP contribution in [0.4, 0.5) is 0 Å². The van der Waals surface area contributed by atoms with E-state index in [9.17, 15) is 14.7 Å². The molecule has 1 heterocycles. The third-order valence-electron chi connectivity index (χ3n) is 3.78. The molecule has 24 heavy (non-hydrogen) atoms. The second kappa shape index (κ2) is 8.88. The third-order valence-corrected chi connectivity index (χ3v) is 3.78. The largest absolute Gasteiger partial charge is 0.387 e. The first-order valence-electron chi connectivity index (χ1n) is 7.97. The standard InChI is InChI=1S/C18H23N3O3/c1-21-13-5-8-15(21)16(22)10-12-20-18(24)17(23)19-11-9-14-6-3-2-4-7-14/h2-8,13,16,22H,9-12H2,1H3,(H,19,23)(H,20,24)/t16-/m0/s1. The molecule has 0 saturated carbocycles. The number of carbonyl (C=O) groups is 2. The van der Waals surface area contributed by atoms with E-state index >= 15 is 0 Å². The number of hydrogen-bond donors (Lipinski definition) is 3. The summed E-state index contributed by atoms with van der Waals surface area (Å²) in [5.41, 5.74) is 1.88. The summed E-state index contributed by atoms with van der Waals surface area (Å²) in [6.45, 7) is 0.638. The first-order chi connectivity index (χ1) is 11.6. The van der Waals surface area contributed by atoms with Crippen molar-refractivity contribution >= 4 is 11.8 Å². The van der Waals surface area contributed by atoms with Gasteiger partial charge in [0.1, 0.15) is 0 Å². The van der Waals surface area contributed by atoms with Crippen LogP contribution in [-0.2, 0) is 23.1 Å². The molecule has 0 radical (unpaired) electrons. The van der Waals surface area contributed by atoms with Crippen LogP contribution in [0.25, 0.3) is 0 Å². The van der Waals surface area contributed by atoms with Crippen LogP contribution in [0.2, 0.25) is 0 Å². The van der Waals surface area contributed by atoms with Crippen LogP contribution in [0.5, 0.6) is 0 Å². The van der Waals surface area contributed by atoms with Crippen molar-refractivity contribution in [2.75, 3.05) is 13.1 Å². The second-order valence-corrected chi connectivity index (χ2v) is 5.60. The molecule has 6 nitrogen and oxygen atoms in total. The Balaban J connectivity index is 1.65. The summed E-state index contributed by atoms with van der Waals surface area (Å²) in [5.74, 6) is -1.33. The summed E-state index contributed by atoms with van der Waals surface area (Å²) in [7, 11) is 1.84. The van der Waals surface area contributed by atoms with Crippen LogP contribution in [0.15, 0.2) is 48.7 Å². The monoisotopic (exact) mass is 329 g/mol. The number of aliphatic hydroxyl groups excluding tert-OH is 1. The van der Waals surface area contributed by atoms with Crippen LogP contribution in [0.1, 0.15) is 23.8 Å². The highest BCUT2D eigenvalue weighted by Crippen LogP contribution is 2.15. The average molecular weight is 329 g/mol. The summed E-state index contributed by atoms with van der Waals surface area (Å²) >= 11 is 0. The second-order valence-electron chi connectivity index (χ2n) is 5.60. The normalized spacial score (nSPS) is 11.8. The van der Waals surface area contributed by atoms with Crippen LogP contribution >= 0.6 is 0 Å². The minimum Gasteiger partial charge on any atom is -0.387 e. The van der Waals surface area contributed by atoms with Gasteiger partial charge in [0.15, 0.2) is 0 Å². The highest BCUT2D eigenvalue weighted by Gasteiger charge is 2.14. The fourth-order valence-corrected chi connectivity index (χ4v) is 2.42. The molecule has 1 aromatic heterocycles. The molecule has 1 aromatic carbocycles. The number of aliphatic hydroxyl groups is 1. The highest BCUT2D eigenvalue weighted by molar-refractivity contribution is 6.35. The van der Waals surface area contributed by atoms with E-state index in [0.29, 0.717) is 19.4 Å². The van der Waals surface area contributed by atoms with E-state index in [1.165, 1.54) is 0 Å². The zero-order valence-corrected chi connectivity index (χ0v) is 13.7. The van der Waals surface area contributed by atoms with Crippen molar-refractivity contribution in [3.05, 3.63) is 59.9 Å². The summed E-state index contributed by atoms with van der Waals surface area (Å²) < 4.78 is 1.82. The van der Waals surface area contributed by atoms with Gasteiger partial charge < -0.3 is 20.3 Å². The number of nitrogens with zero attached hydrogens (tertiary/aromatic N) is 1. The Bertz CT molecular complexity index is 667. The van der Waals surface area contributed by atoms with Crippen LogP contribution in [0.3, 0.4) is 0 Å². The van der Waals surface area contributed by atoms with Gasteiger partial charge in [0.2, 0.25) is 0 Å². The van der Waals surface area contributed by atoms with E-state index in [4.69, 9.17) is 0 Å². The van der Waals surface area contributed by atoms with Gasteiger partial charge in [-0.25, -0.2) is 0 Å². The van der Waals surface area contributed by atoms with Gasteiger partial charge in [-0.05, 0) is 30.5 Å². The van der Waals surface area contributed by atoms with Crippen molar-refractivity contribution in [1.29, 1.82) is 0 Å². The molecular formula is C18H23N3O3. The molecule has 3 N–H and O–H groups in total. The minimum atomic E-state index is -0.679. The summed E-state index contributed by atoms with van der Waals surface area (Å²) in [6.07, 6.45) is 2.19. The topological polar surface area (TPSA) is 83.4 Å². The lowest BCUT2D eigenvalue weighted by molar-refractivity contribution is -0.139. The maximum atomic E-state index is 11.7. The Kier molecular flexibility index (Phi) is 6.57. The van der Waals surface area contributed by atoms with E-state index in [2.05, 4.69) is 10.6 Å². The van der Waals surface area contributed by atoms with Crippen LogP contribution < -0.4 is 10.6 Å². The Morgan fingerprint density at radius 3 is 2.33 bits per heavy atom. The van der Waals surface area contributed by atoms with E-state index in [1.54, 1.807) is 0 Å². The molecule has 0 unspecified atom stereocenters. The fraction of sp³-hybridized carbons (Fsp3) is 0.333. The minimum absolute atomic E-state index is 0.233. The first-order valence-corrected chi connectivity index (χ1v) is 7.97. The average Bonchev–Trinajstić information content (AvgIpc) is 3.01. The predicted octanol–water partition coefficient (Wildman–Crippen LogP) is 0.924. The predicted molar refractivity (Wildman–Crippen MR) is 91.2 cm³/mol. The van der Waals surface area contributed by atoms with Gasteiger partial charge in [-0.15, -0.1) is 0 Å². The van der Waals surface area contributed by atoms with Crippen molar-refractivity contribution < 1.29 is 14.7 Å². The van der Waals surface area contributed by atoms with Crippen molar-refractivity contribution in [2.45, 2.75) is 18.9 Å². The Labute approximate surface area is 141 Å².